The highest BCUT2D eigenvalue weighted by molar-refractivity contribution is 5.67. The first-order valence-electron chi connectivity index (χ1n) is 9.02. The van der Waals surface area contributed by atoms with E-state index in [0.717, 1.165) is 30.4 Å². The molecule has 0 aliphatic carbocycles. The highest BCUT2D eigenvalue weighted by Crippen LogP contribution is 2.25. The number of unbranched alkanes of at least 4 members (excludes halogenated alkanes) is 2. The minimum atomic E-state index is -1.13. The summed E-state index contributed by atoms with van der Waals surface area (Å²) >= 11 is 0. The molecule has 6 heteroatoms. The number of rotatable bonds is 6. The molecule has 3 N–H and O–H groups in total. The van der Waals surface area contributed by atoms with Crippen LogP contribution in [-0.4, -0.2) is 47.5 Å². The van der Waals surface area contributed by atoms with Crippen LogP contribution in [0.4, 0.5) is 4.79 Å². The van der Waals surface area contributed by atoms with E-state index in [1.807, 2.05) is 30.3 Å². The third-order valence-corrected chi connectivity index (χ3v) is 4.16. The zero-order valence-electron chi connectivity index (χ0n) is 15.8. The van der Waals surface area contributed by atoms with Gasteiger partial charge in [0.2, 0.25) is 0 Å². The summed E-state index contributed by atoms with van der Waals surface area (Å²) in [5.74, 6) is 5.45. The second-order valence-corrected chi connectivity index (χ2v) is 7.00. The van der Waals surface area contributed by atoms with Gasteiger partial charge >= 0.3 is 6.09 Å². The summed E-state index contributed by atoms with van der Waals surface area (Å²) in [6.45, 7) is 4.19. The molecule has 1 aromatic rings. The van der Waals surface area contributed by atoms with Crippen molar-refractivity contribution in [3.63, 3.8) is 0 Å². The second kappa shape index (κ2) is 9.56. The van der Waals surface area contributed by atoms with Gasteiger partial charge in [-0.05, 0) is 44.4 Å². The van der Waals surface area contributed by atoms with Crippen LogP contribution in [0.5, 0.6) is 0 Å². The van der Waals surface area contributed by atoms with Gasteiger partial charge in [-0.25, -0.2) is 4.79 Å². The zero-order valence-corrected chi connectivity index (χ0v) is 15.8. The Bertz CT molecular complexity index is 702. The predicted molar refractivity (Wildman–Crippen MR) is 103 cm³/mol. The Morgan fingerprint density at radius 1 is 1.22 bits per heavy atom. The van der Waals surface area contributed by atoms with Gasteiger partial charge in [0.25, 0.3) is 0 Å². The normalized spacial score (nSPS) is 17.9. The molecule has 0 spiro atoms. The monoisotopic (exact) mass is 373 g/mol. The lowest BCUT2D eigenvalue weighted by Crippen LogP contribution is -2.59. The summed E-state index contributed by atoms with van der Waals surface area (Å²) in [7, 11) is 0. The zero-order chi connectivity index (χ0) is 19.8. The van der Waals surface area contributed by atoms with Crippen molar-refractivity contribution >= 4 is 12.2 Å². The van der Waals surface area contributed by atoms with Crippen LogP contribution < -0.4 is 5.32 Å². The van der Waals surface area contributed by atoms with Crippen LogP contribution in [0.3, 0.4) is 0 Å². The number of carbonyl (C=O) groups is 1. The molecule has 0 atom stereocenters. The maximum Gasteiger partial charge on any atom is 0.405 e. The maximum absolute atomic E-state index is 11.2. The number of benzene rings is 1. The van der Waals surface area contributed by atoms with Crippen molar-refractivity contribution in [2.75, 3.05) is 19.8 Å². The van der Waals surface area contributed by atoms with Crippen molar-refractivity contribution in [1.82, 2.24) is 5.32 Å². The molecule has 1 aromatic carbocycles. The average Bonchev–Trinajstić information content (AvgIpc) is 2.63. The van der Waals surface area contributed by atoms with Gasteiger partial charge in [0.05, 0.1) is 13.2 Å². The number of hydrogen-bond donors (Lipinski definition) is 3. The van der Waals surface area contributed by atoms with Crippen molar-refractivity contribution in [3.8, 4) is 11.8 Å². The molecule has 0 radical (unpaired) electrons. The molecule has 0 unspecified atom stereocenters. The van der Waals surface area contributed by atoms with E-state index < -0.39 is 17.4 Å². The lowest BCUT2D eigenvalue weighted by Gasteiger charge is -2.41. The van der Waals surface area contributed by atoms with Gasteiger partial charge in [0, 0.05) is 18.6 Å². The quantitative estimate of drug-likeness (QED) is 0.527. The summed E-state index contributed by atoms with van der Waals surface area (Å²) in [6, 6.07) is 7.70. The van der Waals surface area contributed by atoms with Crippen LogP contribution in [-0.2, 0) is 9.47 Å². The topological polar surface area (TPSA) is 88.0 Å². The Morgan fingerprint density at radius 3 is 2.48 bits per heavy atom. The van der Waals surface area contributed by atoms with E-state index in [9.17, 15) is 4.79 Å². The highest BCUT2D eigenvalue weighted by atomic mass is 16.7. The number of hydrogen-bond acceptors (Lipinski definition) is 4. The number of aliphatic hydroxyl groups excluding tert-OH is 1. The van der Waals surface area contributed by atoms with Crippen LogP contribution in [0.2, 0.25) is 0 Å². The van der Waals surface area contributed by atoms with E-state index in [1.165, 1.54) is 0 Å². The van der Waals surface area contributed by atoms with Crippen LogP contribution in [0.15, 0.2) is 30.3 Å². The van der Waals surface area contributed by atoms with E-state index in [-0.39, 0.29) is 19.8 Å². The van der Waals surface area contributed by atoms with Crippen molar-refractivity contribution in [2.24, 2.45) is 0 Å². The maximum atomic E-state index is 11.2. The number of nitrogens with one attached hydrogen (secondary N) is 1. The molecule has 1 heterocycles. The molecule has 0 saturated carbocycles. The van der Waals surface area contributed by atoms with Gasteiger partial charge in [-0.3, -0.25) is 0 Å². The van der Waals surface area contributed by atoms with E-state index >= 15 is 0 Å². The Labute approximate surface area is 160 Å². The molecule has 146 valence electrons. The van der Waals surface area contributed by atoms with Gasteiger partial charge < -0.3 is 25.0 Å². The molecule has 1 aliphatic heterocycles. The third kappa shape index (κ3) is 7.06. The smallest absolute Gasteiger partial charge is 0.405 e. The number of aliphatic hydroxyl groups is 1. The van der Waals surface area contributed by atoms with Crippen LogP contribution in [0.25, 0.3) is 6.08 Å². The molecule has 27 heavy (non-hydrogen) atoms. The van der Waals surface area contributed by atoms with E-state index in [4.69, 9.17) is 19.7 Å². The lowest BCUT2D eigenvalue weighted by atomic mass is 9.98. The Kier molecular flexibility index (Phi) is 7.43. The van der Waals surface area contributed by atoms with Gasteiger partial charge in [0.1, 0.15) is 5.54 Å². The number of amides is 1. The summed E-state index contributed by atoms with van der Waals surface area (Å²) in [5, 5.41) is 20.4. The molecular weight excluding hydrogens is 346 g/mol. The summed E-state index contributed by atoms with van der Waals surface area (Å²) in [6.07, 6.45) is 4.92. The van der Waals surface area contributed by atoms with Crippen molar-refractivity contribution < 1.29 is 24.5 Å². The minimum absolute atomic E-state index is 0.195. The summed E-state index contributed by atoms with van der Waals surface area (Å²) in [4.78, 5) is 11.2. The molecule has 0 bridgehead atoms. The first-order valence-corrected chi connectivity index (χ1v) is 9.02. The molecular formula is C21H27NO5. The van der Waals surface area contributed by atoms with Gasteiger partial charge in [-0.2, -0.15) is 0 Å². The highest BCUT2D eigenvalue weighted by Gasteiger charge is 2.39. The van der Waals surface area contributed by atoms with E-state index in [1.54, 1.807) is 19.9 Å². The summed E-state index contributed by atoms with van der Waals surface area (Å²) in [5.41, 5.74) is 0.921. The van der Waals surface area contributed by atoms with Gasteiger partial charge in [-0.1, -0.05) is 36.1 Å². The number of ether oxygens (including phenoxy) is 2. The van der Waals surface area contributed by atoms with Crippen molar-refractivity contribution in [3.05, 3.63) is 41.5 Å². The molecule has 1 aliphatic rings. The number of carboxylic acid groups (broad SMARTS) is 1. The van der Waals surface area contributed by atoms with Crippen LogP contribution >= 0.6 is 0 Å². The summed E-state index contributed by atoms with van der Waals surface area (Å²) < 4.78 is 11.3. The van der Waals surface area contributed by atoms with E-state index in [0.29, 0.717) is 0 Å². The van der Waals surface area contributed by atoms with Crippen molar-refractivity contribution in [2.45, 2.75) is 44.4 Å². The SMILES string of the molecule is CC1(C)OCC(/C=C/c2ccc(C#CCCCCO)cc2)(NC(=O)O)CO1. The Balaban J connectivity index is 2.02. The predicted octanol–water partition coefficient (Wildman–Crippen LogP) is 3.00. The largest absolute Gasteiger partial charge is 0.465 e. The van der Waals surface area contributed by atoms with Gasteiger partial charge in [0.15, 0.2) is 5.79 Å². The first-order chi connectivity index (χ1) is 12.8. The standard InChI is InChI=1S/C21H27NO5/c1-20(2)26-15-21(16-27-20,22-19(24)25)13-12-18-10-8-17(9-11-18)7-5-3-4-6-14-23/h8-13,22-23H,3-4,6,14-16H2,1-2H3,(H,24,25)/b13-12+. The third-order valence-electron chi connectivity index (χ3n) is 4.16. The first kappa shape index (κ1) is 21.0. The Morgan fingerprint density at radius 2 is 1.89 bits per heavy atom. The average molecular weight is 373 g/mol. The molecule has 0 aromatic heterocycles. The fourth-order valence-corrected chi connectivity index (χ4v) is 2.53. The molecule has 1 fully saturated rings. The van der Waals surface area contributed by atoms with Crippen molar-refractivity contribution in [1.29, 1.82) is 0 Å². The molecule has 1 saturated heterocycles. The lowest BCUT2D eigenvalue weighted by molar-refractivity contribution is -0.263. The van der Waals surface area contributed by atoms with E-state index in [2.05, 4.69) is 17.2 Å². The second-order valence-electron chi connectivity index (χ2n) is 7.00. The Hall–Kier alpha value is -2.33. The molecule has 6 nitrogen and oxygen atoms in total. The fourth-order valence-electron chi connectivity index (χ4n) is 2.53. The van der Waals surface area contributed by atoms with Gasteiger partial charge in [-0.15, -0.1) is 0 Å². The molecule has 2 rings (SSSR count). The van der Waals surface area contributed by atoms with Crippen LogP contribution in [0.1, 0.15) is 44.2 Å². The minimum Gasteiger partial charge on any atom is -0.465 e. The molecule has 1 amide bonds. The van der Waals surface area contributed by atoms with Crippen LogP contribution in [0, 0.1) is 11.8 Å². The fraction of sp³-hybridized carbons (Fsp3) is 0.476.